The normalized spacial score (nSPS) is 30.8. The van der Waals surface area contributed by atoms with Crippen molar-refractivity contribution in [2.24, 2.45) is 5.41 Å². The number of hydrogen-bond donors (Lipinski definition) is 2. The maximum absolute atomic E-state index is 13.0. The van der Waals surface area contributed by atoms with Gasteiger partial charge in [0.25, 0.3) is 5.91 Å². The van der Waals surface area contributed by atoms with Crippen LogP contribution in [-0.2, 0) is 4.74 Å². The largest absolute Gasteiger partial charge is 0.440 e. The summed E-state index contributed by atoms with van der Waals surface area (Å²) in [5.41, 5.74) is 1.92. The van der Waals surface area contributed by atoms with E-state index in [1.54, 1.807) is 36.3 Å². The molecular weight excluding hydrogens is 496 g/mol. The van der Waals surface area contributed by atoms with Crippen LogP contribution in [0.3, 0.4) is 0 Å². The molecule has 2 N–H and O–H groups in total. The molecule has 202 valence electrons. The highest BCUT2D eigenvalue weighted by Gasteiger charge is 2.82. The lowest BCUT2D eigenvalue weighted by Crippen LogP contribution is -2.91. The molecule has 2 aliphatic heterocycles. The van der Waals surface area contributed by atoms with Crippen LogP contribution in [0.25, 0.3) is 11.0 Å². The summed E-state index contributed by atoms with van der Waals surface area (Å²) in [6, 6.07) is 6.85. The Morgan fingerprint density at radius 3 is 2.67 bits per heavy atom. The van der Waals surface area contributed by atoms with Crippen LogP contribution in [-0.4, -0.2) is 74.7 Å². The highest BCUT2D eigenvalue weighted by molar-refractivity contribution is 5.98. The summed E-state index contributed by atoms with van der Waals surface area (Å²) in [6.45, 7) is 0.584. The summed E-state index contributed by atoms with van der Waals surface area (Å²) in [5.74, 6) is 0.956. The van der Waals surface area contributed by atoms with E-state index in [9.17, 15) is 9.59 Å². The van der Waals surface area contributed by atoms with Crippen LogP contribution < -0.4 is 15.5 Å². The van der Waals surface area contributed by atoms with Crippen LogP contribution in [0.15, 0.2) is 30.6 Å². The highest BCUT2D eigenvalue weighted by atomic mass is 16.6. The molecule has 11 heteroatoms. The Kier molecular flexibility index (Phi) is 4.70. The third kappa shape index (κ3) is 3.04. The summed E-state index contributed by atoms with van der Waals surface area (Å²) in [6.07, 6.45) is 10.7. The topological polar surface area (TPSA) is 118 Å². The van der Waals surface area contributed by atoms with Crippen molar-refractivity contribution in [3.05, 3.63) is 36.3 Å². The lowest BCUT2D eigenvalue weighted by atomic mass is 9.37. The minimum Gasteiger partial charge on any atom is -0.440 e. The van der Waals surface area contributed by atoms with Crippen molar-refractivity contribution < 1.29 is 14.3 Å². The predicted octanol–water partition coefficient (Wildman–Crippen LogP) is 3.61. The van der Waals surface area contributed by atoms with Crippen LogP contribution in [0.2, 0.25) is 0 Å². The van der Waals surface area contributed by atoms with Crippen molar-refractivity contribution in [1.82, 2.24) is 29.7 Å². The van der Waals surface area contributed by atoms with Gasteiger partial charge in [0.2, 0.25) is 5.95 Å². The number of pyridine rings is 1. The highest BCUT2D eigenvalue weighted by Crippen LogP contribution is 2.70. The minimum absolute atomic E-state index is 0.0349. The first-order valence-electron chi connectivity index (χ1n) is 14.0. The molecule has 4 atom stereocenters. The second kappa shape index (κ2) is 7.91. The zero-order valence-electron chi connectivity index (χ0n) is 22.2. The molecule has 3 aromatic heterocycles. The van der Waals surface area contributed by atoms with E-state index in [-0.39, 0.29) is 29.1 Å². The smallest absolute Gasteiger partial charge is 0.415 e. The van der Waals surface area contributed by atoms with Crippen molar-refractivity contribution >= 4 is 40.5 Å². The fourth-order valence-corrected chi connectivity index (χ4v) is 7.88. The van der Waals surface area contributed by atoms with Gasteiger partial charge in [-0.15, -0.1) is 0 Å². The second-order valence-electron chi connectivity index (χ2n) is 12.0. The van der Waals surface area contributed by atoms with E-state index in [0.717, 1.165) is 55.2 Å². The molecule has 0 bridgehead atoms. The van der Waals surface area contributed by atoms with Crippen LogP contribution in [0.4, 0.5) is 22.2 Å². The van der Waals surface area contributed by atoms with E-state index in [1.165, 1.54) is 6.42 Å². The first kappa shape index (κ1) is 23.2. The van der Waals surface area contributed by atoms with Crippen molar-refractivity contribution in [2.75, 3.05) is 30.9 Å². The van der Waals surface area contributed by atoms with E-state index >= 15 is 0 Å². The van der Waals surface area contributed by atoms with Gasteiger partial charge in [0.1, 0.15) is 22.8 Å². The standard InChI is InChI=1S/C28H32N8O3/c1-34(2)24(37)19-11-16-13-30-25(33-23(16)36(19)17-5-3-4-6-17)32-22-8-7-18(14-29-22)35-15-27(39-26(35)38)12-21-28(27)10-9-20(28)31-21/h7-8,11,13-14,17,20-21,31H,3-6,9-10,12,15H2,1-2H3,(H,29,30,32,33). The van der Waals surface area contributed by atoms with Crippen molar-refractivity contribution in [1.29, 1.82) is 0 Å². The summed E-state index contributed by atoms with van der Waals surface area (Å²) in [7, 11) is 3.54. The molecule has 0 radical (unpaired) electrons. The zero-order valence-corrected chi connectivity index (χ0v) is 22.2. The van der Waals surface area contributed by atoms with Gasteiger partial charge in [-0.25, -0.2) is 14.8 Å². The van der Waals surface area contributed by atoms with E-state index in [1.807, 2.05) is 18.2 Å². The molecule has 3 aromatic rings. The lowest BCUT2D eigenvalue weighted by molar-refractivity contribution is -0.284. The average Bonchev–Trinajstić information content (AvgIpc) is 3.63. The first-order valence-corrected chi connectivity index (χ1v) is 14.0. The second-order valence-corrected chi connectivity index (χ2v) is 12.0. The van der Waals surface area contributed by atoms with Crippen LogP contribution in [0, 0.1) is 5.41 Å². The summed E-state index contributed by atoms with van der Waals surface area (Å²) in [4.78, 5) is 43.0. The molecule has 0 aromatic carbocycles. The number of anilines is 3. The third-order valence-electron chi connectivity index (χ3n) is 9.98. The maximum atomic E-state index is 13.0. The fraction of sp³-hybridized carbons (Fsp3) is 0.536. The van der Waals surface area contributed by atoms with E-state index in [4.69, 9.17) is 9.72 Å². The van der Waals surface area contributed by atoms with Crippen molar-refractivity contribution in [3.8, 4) is 0 Å². The zero-order chi connectivity index (χ0) is 26.5. The number of nitrogens with one attached hydrogen (secondary N) is 2. The lowest BCUT2D eigenvalue weighted by Gasteiger charge is -2.77. The molecular formula is C28H32N8O3. The Morgan fingerprint density at radius 1 is 1.15 bits per heavy atom. The molecule has 8 rings (SSSR count). The number of carbonyl (C=O) groups excluding carboxylic acids is 2. The number of piperidine rings is 2. The third-order valence-corrected chi connectivity index (χ3v) is 9.98. The van der Waals surface area contributed by atoms with Gasteiger partial charge in [0.05, 0.1) is 18.4 Å². The van der Waals surface area contributed by atoms with Crippen LogP contribution >= 0.6 is 0 Å². The van der Waals surface area contributed by atoms with Crippen LogP contribution in [0.1, 0.15) is 61.5 Å². The molecule has 4 unspecified atom stereocenters. The Balaban J connectivity index is 1.04. The number of amides is 2. The van der Waals surface area contributed by atoms with Crippen LogP contribution in [0.5, 0.6) is 0 Å². The molecule has 2 saturated heterocycles. The number of rotatable bonds is 5. The Bertz CT molecular complexity index is 1510. The summed E-state index contributed by atoms with van der Waals surface area (Å²) in [5, 5.41) is 7.64. The Morgan fingerprint density at radius 2 is 2.00 bits per heavy atom. The Hall–Kier alpha value is -3.73. The van der Waals surface area contributed by atoms with Gasteiger partial charge in [-0.3, -0.25) is 9.69 Å². The quantitative estimate of drug-likeness (QED) is 0.516. The molecule has 11 nitrogen and oxygen atoms in total. The van der Waals surface area contributed by atoms with Gasteiger partial charge in [-0.05, 0) is 43.9 Å². The van der Waals surface area contributed by atoms with E-state index in [2.05, 4.69) is 25.2 Å². The first-order chi connectivity index (χ1) is 18.9. The molecule has 2 spiro atoms. The van der Waals surface area contributed by atoms with Crippen molar-refractivity contribution in [3.63, 3.8) is 0 Å². The number of fused-ring (bicyclic) bond motifs is 1. The SMILES string of the molecule is CN(C)C(=O)c1cc2cnc(Nc3ccc(N4CC5(CC6NC7CCC765)OC4=O)cn3)nc2n1C1CCCC1. The number of aromatic nitrogens is 4. The number of ether oxygens (including phenoxy) is 1. The van der Waals surface area contributed by atoms with Gasteiger partial charge in [-0.1, -0.05) is 12.8 Å². The molecule has 3 saturated carbocycles. The minimum atomic E-state index is -0.357. The number of carbonyl (C=O) groups is 2. The van der Waals surface area contributed by atoms with E-state index in [0.29, 0.717) is 36.1 Å². The molecule has 39 heavy (non-hydrogen) atoms. The van der Waals surface area contributed by atoms with Crippen molar-refractivity contribution in [2.45, 2.75) is 68.7 Å². The Labute approximate surface area is 225 Å². The molecule has 5 fully saturated rings. The predicted molar refractivity (Wildman–Crippen MR) is 144 cm³/mol. The van der Waals surface area contributed by atoms with Gasteiger partial charge >= 0.3 is 6.09 Å². The molecule has 5 aliphatic rings. The number of nitrogens with zero attached hydrogens (tertiary/aromatic N) is 6. The summed E-state index contributed by atoms with van der Waals surface area (Å²) < 4.78 is 8.11. The maximum Gasteiger partial charge on any atom is 0.415 e. The molecule has 3 aliphatic carbocycles. The van der Waals surface area contributed by atoms with Gasteiger partial charge in [0, 0.05) is 55.6 Å². The average molecular weight is 529 g/mol. The summed E-state index contributed by atoms with van der Waals surface area (Å²) >= 11 is 0. The fourth-order valence-electron chi connectivity index (χ4n) is 7.88. The van der Waals surface area contributed by atoms with Gasteiger partial charge in [-0.2, -0.15) is 4.98 Å². The monoisotopic (exact) mass is 528 g/mol. The van der Waals surface area contributed by atoms with E-state index < -0.39 is 0 Å². The molecule has 2 amide bonds. The van der Waals surface area contributed by atoms with Gasteiger partial charge in [0.15, 0.2) is 0 Å². The number of hydrogen-bond acceptors (Lipinski definition) is 8. The van der Waals surface area contributed by atoms with Gasteiger partial charge < -0.3 is 24.8 Å². The molecule has 5 heterocycles.